The summed E-state index contributed by atoms with van der Waals surface area (Å²) < 4.78 is 42.1. The topological polar surface area (TPSA) is 78.8 Å². The molecule has 0 bridgehead atoms. The molecule has 3 rings (SSSR count). The van der Waals surface area contributed by atoms with Crippen LogP contribution in [0.5, 0.6) is 0 Å². The molecule has 0 saturated carbocycles. The standard InChI is InChI=1S/C21H24FN3O3S/c1-13(2)12-25-15(4)24-29(27,28)20-11-17(7-10-19(20)25)21(26)23-14(3)16-5-8-18(22)9-6-16/h5-11,13-14H,12H2,1-4H3,(H,23,26)/t14-/m0/s1. The molecule has 1 amide bonds. The monoisotopic (exact) mass is 417 g/mol. The lowest BCUT2D eigenvalue weighted by Gasteiger charge is -2.31. The van der Waals surface area contributed by atoms with Gasteiger partial charge in [0.05, 0.1) is 11.7 Å². The molecule has 1 aliphatic heterocycles. The van der Waals surface area contributed by atoms with E-state index in [9.17, 15) is 17.6 Å². The fraction of sp³-hybridized carbons (Fsp3) is 0.333. The van der Waals surface area contributed by atoms with Gasteiger partial charge in [-0.1, -0.05) is 26.0 Å². The third-order valence-corrected chi connectivity index (χ3v) is 6.09. The first kappa shape index (κ1) is 21.0. The van der Waals surface area contributed by atoms with Crippen LogP contribution in [0, 0.1) is 11.7 Å². The molecular weight excluding hydrogens is 393 g/mol. The number of fused-ring (bicyclic) bond motifs is 1. The molecule has 0 saturated heterocycles. The summed E-state index contributed by atoms with van der Waals surface area (Å²) in [6.45, 7) is 8.13. The van der Waals surface area contributed by atoms with Crippen LogP contribution < -0.4 is 10.2 Å². The van der Waals surface area contributed by atoms with E-state index in [0.717, 1.165) is 5.56 Å². The SMILES string of the molecule is CC1=NS(=O)(=O)c2cc(C(=O)N[C@@H](C)c3ccc(F)cc3)ccc2N1CC(C)C. The van der Waals surface area contributed by atoms with Gasteiger partial charge >= 0.3 is 0 Å². The predicted molar refractivity (Wildman–Crippen MR) is 111 cm³/mol. The highest BCUT2D eigenvalue weighted by atomic mass is 32.2. The van der Waals surface area contributed by atoms with Crippen LogP contribution in [0.2, 0.25) is 0 Å². The van der Waals surface area contributed by atoms with Gasteiger partial charge in [-0.15, -0.1) is 4.40 Å². The quantitative estimate of drug-likeness (QED) is 0.800. The van der Waals surface area contributed by atoms with Gasteiger partial charge in [0, 0.05) is 12.1 Å². The summed E-state index contributed by atoms with van der Waals surface area (Å²) in [6, 6.07) is 10.1. The molecule has 0 aliphatic carbocycles. The molecule has 0 aromatic heterocycles. The zero-order valence-corrected chi connectivity index (χ0v) is 17.6. The van der Waals surface area contributed by atoms with Gasteiger partial charge in [-0.3, -0.25) is 4.79 Å². The molecule has 0 unspecified atom stereocenters. The Bertz CT molecular complexity index is 1060. The number of benzene rings is 2. The average Bonchev–Trinajstić information content (AvgIpc) is 2.64. The first-order valence-electron chi connectivity index (χ1n) is 9.38. The molecule has 29 heavy (non-hydrogen) atoms. The van der Waals surface area contributed by atoms with Gasteiger partial charge in [-0.05, 0) is 55.7 Å². The second-order valence-corrected chi connectivity index (χ2v) is 9.12. The Labute approximate surface area is 170 Å². The van der Waals surface area contributed by atoms with E-state index >= 15 is 0 Å². The van der Waals surface area contributed by atoms with Crippen molar-refractivity contribution in [1.82, 2.24) is 5.32 Å². The number of nitrogens with zero attached hydrogens (tertiary/aromatic N) is 2. The number of sulfonamides is 1. The molecule has 8 heteroatoms. The number of halogens is 1. The van der Waals surface area contributed by atoms with E-state index in [1.54, 1.807) is 38.1 Å². The first-order chi connectivity index (χ1) is 13.6. The fourth-order valence-electron chi connectivity index (χ4n) is 3.24. The van der Waals surface area contributed by atoms with Crippen LogP contribution in [-0.2, 0) is 10.0 Å². The summed E-state index contributed by atoms with van der Waals surface area (Å²) >= 11 is 0. The summed E-state index contributed by atoms with van der Waals surface area (Å²) in [5.41, 5.74) is 1.49. The number of carbonyl (C=O) groups excluding carboxylic acids is 1. The van der Waals surface area contributed by atoms with Gasteiger partial charge in [0.1, 0.15) is 16.5 Å². The number of anilines is 1. The molecular formula is C21H24FN3O3S. The molecule has 1 N–H and O–H groups in total. The second-order valence-electron chi connectivity index (χ2n) is 7.55. The average molecular weight is 418 g/mol. The smallest absolute Gasteiger partial charge is 0.286 e. The van der Waals surface area contributed by atoms with Crippen molar-refractivity contribution in [2.75, 3.05) is 11.4 Å². The van der Waals surface area contributed by atoms with Crippen LogP contribution in [-0.4, -0.2) is 26.7 Å². The molecule has 2 aromatic carbocycles. The molecule has 0 spiro atoms. The summed E-state index contributed by atoms with van der Waals surface area (Å²) in [5, 5.41) is 2.81. The van der Waals surface area contributed by atoms with E-state index < -0.39 is 15.9 Å². The van der Waals surface area contributed by atoms with Crippen LogP contribution in [0.15, 0.2) is 51.8 Å². The number of hydrogen-bond donors (Lipinski definition) is 1. The van der Waals surface area contributed by atoms with Crippen molar-refractivity contribution in [2.24, 2.45) is 10.3 Å². The van der Waals surface area contributed by atoms with Crippen LogP contribution in [0.1, 0.15) is 49.7 Å². The Morgan fingerprint density at radius 3 is 2.41 bits per heavy atom. The number of amides is 1. The number of hydrogen-bond acceptors (Lipinski definition) is 4. The maximum Gasteiger partial charge on any atom is 0.286 e. The van der Waals surface area contributed by atoms with Gasteiger partial charge in [0.15, 0.2) is 0 Å². The molecule has 0 fully saturated rings. The zero-order valence-electron chi connectivity index (χ0n) is 16.8. The van der Waals surface area contributed by atoms with Crippen LogP contribution in [0.4, 0.5) is 10.1 Å². The summed E-state index contributed by atoms with van der Waals surface area (Å²) in [4.78, 5) is 14.6. The maximum absolute atomic E-state index is 13.1. The van der Waals surface area contributed by atoms with Crippen molar-refractivity contribution < 1.29 is 17.6 Å². The van der Waals surface area contributed by atoms with E-state index in [2.05, 4.69) is 9.71 Å². The third-order valence-electron chi connectivity index (χ3n) is 4.70. The molecule has 0 radical (unpaired) electrons. The van der Waals surface area contributed by atoms with Crippen LogP contribution in [0.3, 0.4) is 0 Å². The zero-order chi connectivity index (χ0) is 21.3. The number of rotatable bonds is 5. The van der Waals surface area contributed by atoms with Gasteiger partial charge in [0.25, 0.3) is 15.9 Å². The molecule has 1 aliphatic rings. The van der Waals surface area contributed by atoms with Gasteiger partial charge in [-0.2, -0.15) is 8.42 Å². The van der Waals surface area contributed by atoms with Crippen molar-refractivity contribution in [3.8, 4) is 0 Å². The number of amidine groups is 1. The third kappa shape index (κ3) is 4.48. The van der Waals surface area contributed by atoms with E-state index in [4.69, 9.17) is 0 Å². The van der Waals surface area contributed by atoms with Gasteiger partial charge in [0.2, 0.25) is 0 Å². The molecule has 2 aromatic rings. The minimum absolute atomic E-state index is 0.0193. The van der Waals surface area contributed by atoms with Crippen molar-refractivity contribution in [2.45, 2.75) is 38.6 Å². The Kier molecular flexibility index (Phi) is 5.75. The van der Waals surface area contributed by atoms with E-state index in [1.807, 2.05) is 18.7 Å². The lowest BCUT2D eigenvalue weighted by molar-refractivity contribution is 0.0939. The van der Waals surface area contributed by atoms with E-state index in [1.165, 1.54) is 18.2 Å². The second kappa shape index (κ2) is 7.94. The molecule has 6 nitrogen and oxygen atoms in total. The Morgan fingerprint density at radius 2 is 1.79 bits per heavy atom. The normalized spacial score (nSPS) is 16.2. The molecule has 154 valence electrons. The largest absolute Gasteiger partial charge is 0.346 e. The Morgan fingerprint density at radius 1 is 1.14 bits per heavy atom. The van der Waals surface area contributed by atoms with Crippen LogP contribution in [0.25, 0.3) is 0 Å². The van der Waals surface area contributed by atoms with Crippen molar-refractivity contribution in [1.29, 1.82) is 0 Å². The lowest BCUT2D eigenvalue weighted by Crippen LogP contribution is -2.37. The van der Waals surface area contributed by atoms with Crippen molar-refractivity contribution in [3.63, 3.8) is 0 Å². The Balaban J connectivity index is 1.89. The summed E-state index contributed by atoms with van der Waals surface area (Å²) in [6.07, 6.45) is 0. The van der Waals surface area contributed by atoms with Gasteiger partial charge in [-0.25, -0.2) is 4.39 Å². The maximum atomic E-state index is 13.1. The number of carbonyl (C=O) groups is 1. The van der Waals surface area contributed by atoms with E-state index in [0.29, 0.717) is 24.0 Å². The summed E-state index contributed by atoms with van der Waals surface area (Å²) in [5.74, 6) is -0.0582. The molecule has 1 heterocycles. The Hall–Kier alpha value is -2.74. The molecule has 1 atom stereocenters. The number of nitrogens with one attached hydrogen (secondary N) is 1. The van der Waals surface area contributed by atoms with Crippen LogP contribution >= 0.6 is 0 Å². The highest BCUT2D eigenvalue weighted by Crippen LogP contribution is 2.33. The highest BCUT2D eigenvalue weighted by Gasteiger charge is 2.30. The predicted octanol–water partition coefficient (Wildman–Crippen LogP) is 3.90. The first-order valence-corrected chi connectivity index (χ1v) is 10.8. The van der Waals surface area contributed by atoms with Crippen molar-refractivity contribution >= 4 is 27.5 Å². The lowest BCUT2D eigenvalue weighted by atomic mass is 10.1. The fourth-order valence-corrected chi connectivity index (χ4v) is 4.51. The van der Waals surface area contributed by atoms with E-state index in [-0.39, 0.29) is 22.3 Å². The van der Waals surface area contributed by atoms with Gasteiger partial charge < -0.3 is 10.2 Å². The highest BCUT2D eigenvalue weighted by molar-refractivity contribution is 7.90. The minimum Gasteiger partial charge on any atom is -0.346 e. The minimum atomic E-state index is -3.88. The summed E-state index contributed by atoms with van der Waals surface area (Å²) in [7, 11) is -3.88. The van der Waals surface area contributed by atoms with Crippen molar-refractivity contribution in [3.05, 3.63) is 59.4 Å².